The fraction of sp³-hybridized carbons (Fsp3) is 0.615. The van der Waals surface area contributed by atoms with E-state index < -0.39 is 0 Å². The van der Waals surface area contributed by atoms with E-state index >= 15 is 0 Å². The molecule has 0 aliphatic heterocycles. The van der Waals surface area contributed by atoms with Gasteiger partial charge in [0.05, 0.1) is 11.6 Å². The van der Waals surface area contributed by atoms with Crippen LogP contribution < -0.4 is 11.1 Å². The highest BCUT2D eigenvalue weighted by Crippen LogP contribution is 2.38. The first-order valence-corrected chi connectivity index (χ1v) is 8.20. The number of rotatable bonds is 4. The lowest BCUT2D eigenvalue weighted by atomic mass is 9.88. The van der Waals surface area contributed by atoms with Gasteiger partial charge in [0.25, 0.3) is 0 Å². The molecule has 4 N–H and O–H groups in total. The van der Waals surface area contributed by atoms with E-state index in [-0.39, 0.29) is 5.95 Å². The van der Waals surface area contributed by atoms with Gasteiger partial charge in [-0.15, -0.1) is 0 Å². The van der Waals surface area contributed by atoms with Crippen LogP contribution in [0.25, 0.3) is 11.0 Å². The molecule has 6 nitrogen and oxygen atoms in total. The standard InChI is InChI=1S/C13H20N6S/c1-20-13(5-3-2-4-6-13)8-15-10-9-7-16-19-11(9)18-12(14)17-10/h7H,2-6,8H2,1H3,(H4,14,15,16,17,18,19). The molecule has 2 aromatic rings. The molecule has 1 fully saturated rings. The van der Waals surface area contributed by atoms with Gasteiger partial charge in [-0.2, -0.15) is 26.8 Å². The SMILES string of the molecule is CSC1(CNc2nc(N)nc3[nH]ncc23)CCCCC1. The van der Waals surface area contributed by atoms with Crippen LogP contribution in [0.4, 0.5) is 11.8 Å². The van der Waals surface area contributed by atoms with E-state index in [0.29, 0.717) is 10.4 Å². The smallest absolute Gasteiger partial charge is 0.224 e. The van der Waals surface area contributed by atoms with Crippen molar-refractivity contribution in [2.24, 2.45) is 0 Å². The van der Waals surface area contributed by atoms with E-state index in [1.54, 1.807) is 6.20 Å². The molecular weight excluding hydrogens is 272 g/mol. The number of aromatic amines is 1. The maximum Gasteiger partial charge on any atom is 0.224 e. The van der Waals surface area contributed by atoms with Crippen LogP contribution in [0.2, 0.25) is 0 Å². The van der Waals surface area contributed by atoms with Crippen molar-refractivity contribution >= 4 is 34.6 Å². The largest absolute Gasteiger partial charge is 0.368 e. The van der Waals surface area contributed by atoms with Crippen molar-refractivity contribution in [3.8, 4) is 0 Å². The normalized spacial score (nSPS) is 18.2. The summed E-state index contributed by atoms with van der Waals surface area (Å²) in [4.78, 5) is 8.44. The fourth-order valence-corrected chi connectivity index (χ4v) is 3.79. The second-order valence-electron chi connectivity index (χ2n) is 5.36. The Morgan fingerprint density at radius 1 is 1.35 bits per heavy atom. The first kappa shape index (κ1) is 13.5. The molecule has 0 bridgehead atoms. The highest BCUT2D eigenvalue weighted by atomic mass is 32.2. The second-order valence-corrected chi connectivity index (χ2v) is 6.64. The number of thioether (sulfide) groups is 1. The maximum atomic E-state index is 5.74. The van der Waals surface area contributed by atoms with E-state index in [4.69, 9.17) is 5.73 Å². The summed E-state index contributed by atoms with van der Waals surface area (Å²) in [7, 11) is 0. The van der Waals surface area contributed by atoms with Gasteiger partial charge in [-0.05, 0) is 19.1 Å². The number of aromatic nitrogens is 4. The zero-order valence-electron chi connectivity index (χ0n) is 11.6. The number of nitrogens with two attached hydrogens (primary N) is 1. The quantitative estimate of drug-likeness (QED) is 0.801. The molecule has 0 amide bonds. The number of nitrogens with zero attached hydrogens (tertiary/aromatic N) is 3. The summed E-state index contributed by atoms with van der Waals surface area (Å²) in [6, 6.07) is 0. The number of anilines is 2. The molecule has 1 aliphatic rings. The van der Waals surface area contributed by atoms with Gasteiger partial charge in [-0.25, -0.2) is 0 Å². The van der Waals surface area contributed by atoms with Gasteiger partial charge in [0.2, 0.25) is 5.95 Å². The van der Waals surface area contributed by atoms with E-state index in [9.17, 15) is 0 Å². The summed E-state index contributed by atoms with van der Waals surface area (Å²) in [5.41, 5.74) is 6.43. The Kier molecular flexibility index (Phi) is 3.69. The van der Waals surface area contributed by atoms with Crippen molar-refractivity contribution in [1.82, 2.24) is 20.2 Å². The number of nitrogen functional groups attached to an aromatic ring is 1. The summed E-state index contributed by atoms with van der Waals surface area (Å²) in [5, 5.41) is 11.2. The van der Waals surface area contributed by atoms with Crippen molar-refractivity contribution < 1.29 is 0 Å². The predicted octanol–water partition coefficient (Wildman–Crippen LogP) is 2.41. The monoisotopic (exact) mass is 292 g/mol. The lowest BCUT2D eigenvalue weighted by Gasteiger charge is -2.36. The average Bonchev–Trinajstić information content (AvgIpc) is 2.94. The summed E-state index contributed by atoms with van der Waals surface area (Å²) < 4.78 is 0.314. The molecule has 1 aliphatic carbocycles. The van der Waals surface area contributed by atoms with Gasteiger partial charge in [0.15, 0.2) is 5.65 Å². The highest BCUT2D eigenvalue weighted by Gasteiger charge is 2.31. The van der Waals surface area contributed by atoms with Crippen LogP contribution in [0, 0.1) is 0 Å². The molecule has 1 saturated carbocycles. The first-order valence-electron chi connectivity index (χ1n) is 6.98. The van der Waals surface area contributed by atoms with Crippen LogP contribution in [0.1, 0.15) is 32.1 Å². The van der Waals surface area contributed by atoms with Crippen LogP contribution >= 0.6 is 11.8 Å². The fourth-order valence-electron chi connectivity index (χ4n) is 2.88. The molecule has 3 rings (SSSR count). The highest BCUT2D eigenvalue weighted by molar-refractivity contribution is 8.00. The predicted molar refractivity (Wildman–Crippen MR) is 83.9 cm³/mol. The summed E-state index contributed by atoms with van der Waals surface area (Å²) in [6.07, 6.45) is 10.4. The van der Waals surface area contributed by atoms with Crippen LogP contribution in [0.3, 0.4) is 0 Å². The molecule has 0 radical (unpaired) electrons. The zero-order valence-corrected chi connectivity index (χ0v) is 12.5. The zero-order chi connectivity index (χ0) is 14.0. The molecule has 0 unspecified atom stereocenters. The molecular formula is C13H20N6S. The summed E-state index contributed by atoms with van der Waals surface area (Å²) in [6.45, 7) is 0.908. The first-order chi connectivity index (χ1) is 9.72. The molecule has 0 saturated heterocycles. The topological polar surface area (TPSA) is 92.5 Å². The Hall–Kier alpha value is -1.50. The van der Waals surface area contributed by atoms with Crippen molar-refractivity contribution in [3.63, 3.8) is 0 Å². The number of H-pyrrole nitrogens is 1. The molecule has 20 heavy (non-hydrogen) atoms. The van der Waals surface area contributed by atoms with Gasteiger partial charge in [-0.3, -0.25) is 5.10 Å². The Morgan fingerprint density at radius 3 is 2.90 bits per heavy atom. The number of hydrogen-bond donors (Lipinski definition) is 3. The van der Waals surface area contributed by atoms with Crippen molar-refractivity contribution in [1.29, 1.82) is 0 Å². The Morgan fingerprint density at radius 2 is 2.15 bits per heavy atom. The van der Waals surface area contributed by atoms with Gasteiger partial charge in [0, 0.05) is 11.3 Å². The lowest BCUT2D eigenvalue weighted by molar-refractivity contribution is 0.411. The van der Waals surface area contributed by atoms with E-state index in [0.717, 1.165) is 17.7 Å². The Balaban J connectivity index is 1.80. The van der Waals surface area contributed by atoms with Crippen molar-refractivity contribution in [2.45, 2.75) is 36.9 Å². The van der Waals surface area contributed by atoms with Gasteiger partial charge in [-0.1, -0.05) is 19.3 Å². The van der Waals surface area contributed by atoms with Crippen LogP contribution in [0.5, 0.6) is 0 Å². The second kappa shape index (κ2) is 5.47. The Labute approximate surface area is 122 Å². The third-order valence-corrected chi connectivity index (χ3v) is 5.52. The van der Waals surface area contributed by atoms with Gasteiger partial charge < -0.3 is 11.1 Å². The number of nitrogens with one attached hydrogen (secondary N) is 2. The minimum Gasteiger partial charge on any atom is -0.368 e. The molecule has 0 atom stereocenters. The van der Waals surface area contributed by atoms with E-state index in [1.165, 1.54) is 32.1 Å². The van der Waals surface area contributed by atoms with Crippen LogP contribution in [-0.2, 0) is 0 Å². The molecule has 108 valence electrons. The van der Waals surface area contributed by atoms with Crippen LogP contribution in [0.15, 0.2) is 6.20 Å². The molecule has 7 heteroatoms. The van der Waals surface area contributed by atoms with Crippen molar-refractivity contribution in [2.75, 3.05) is 23.9 Å². The molecule has 0 aromatic carbocycles. The van der Waals surface area contributed by atoms with E-state index in [1.807, 2.05) is 11.8 Å². The van der Waals surface area contributed by atoms with E-state index in [2.05, 4.69) is 31.7 Å². The average molecular weight is 292 g/mol. The minimum absolute atomic E-state index is 0.270. The number of fused-ring (bicyclic) bond motifs is 1. The molecule has 2 heterocycles. The number of hydrogen-bond acceptors (Lipinski definition) is 6. The van der Waals surface area contributed by atoms with Gasteiger partial charge in [0.1, 0.15) is 5.82 Å². The summed E-state index contributed by atoms with van der Waals surface area (Å²) >= 11 is 1.96. The minimum atomic E-state index is 0.270. The maximum absolute atomic E-state index is 5.74. The molecule has 2 aromatic heterocycles. The van der Waals surface area contributed by atoms with Crippen molar-refractivity contribution in [3.05, 3.63) is 6.20 Å². The van der Waals surface area contributed by atoms with Crippen LogP contribution in [-0.4, -0.2) is 37.7 Å². The third kappa shape index (κ3) is 2.54. The molecule has 0 spiro atoms. The Bertz CT molecular complexity index is 590. The third-order valence-electron chi connectivity index (χ3n) is 4.10. The van der Waals surface area contributed by atoms with Gasteiger partial charge >= 0.3 is 0 Å². The lowest BCUT2D eigenvalue weighted by Crippen LogP contribution is -2.35. The summed E-state index contributed by atoms with van der Waals surface area (Å²) in [5.74, 6) is 1.05.